The molecule has 5 nitrogen and oxygen atoms in total. The van der Waals surface area contributed by atoms with Gasteiger partial charge < -0.3 is 9.88 Å². The molecule has 2 heterocycles. The summed E-state index contributed by atoms with van der Waals surface area (Å²) >= 11 is 3.46. The van der Waals surface area contributed by atoms with Crippen LogP contribution in [0.4, 0.5) is 5.69 Å². The zero-order chi connectivity index (χ0) is 19.3. The Labute approximate surface area is 164 Å². The molecule has 2 aromatic carbocycles. The van der Waals surface area contributed by atoms with Gasteiger partial charge in [-0.3, -0.25) is 14.4 Å². The van der Waals surface area contributed by atoms with Gasteiger partial charge in [-0.1, -0.05) is 28.1 Å². The zero-order valence-electron chi connectivity index (χ0n) is 14.9. The Morgan fingerprint density at radius 2 is 2.00 bits per heavy atom. The zero-order valence-corrected chi connectivity index (χ0v) is 16.5. The van der Waals surface area contributed by atoms with Gasteiger partial charge in [-0.2, -0.15) is 0 Å². The number of hydrogen-bond acceptors (Lipinski definition) is 3. The number of benzene rings is 2. The van der Waals surface area contributed by atoms with Gasteiger partial charge in [0.05, 0.1) is 5.52 Å². The number of ketones is 1. The number of nitrogens with one attached hydrogen (secondary N) is 1. The summed E-state index contributed by atoms with van der Waals surface area (Å²) in [7, 11) is 0. The Balaban J connectivity index is 1.80. The summed E-state index contributed by atoms with van der Waals surface area (Å²) in [5, 5.41) is 3.28. The maximum atomic E-state index is 13.0. The summed E-state index contributed by atoms with van der Waals surface area (Å²) < 4.78 is 2.83. The van der Waals surface area contributed by atoms with Crippen LogP contribution < -0.4 is 10.7 Å². The van der Waals surface area contributed by atoms with Crippen molar-refractivity contribution in [2.75, 3.05) is 5.32 Å². The summed E-state index contributed by atoms with van der Waals surface area (Å²) in [6.45, 7) is 3.53. The van der Waals surface area contributed by atoms with E-state index in [-0.39, 0.29) is 22.8 Å². The molecule has 136 valence electrons. The van der Waals surface area contributed by atoms with Crippen molar-refractivity contribution in [2.45, 2.75) is 26.3 Å². The third kappa shape index (κ3) is 3.00. The average molecular weight is 425 g/mol. The lowest BCUT2D eigenvalue weighted by Crippen LogP contribution is -2.24. The number of hydrogen-bond donors (Lipinski definition) is 1. The summed E-state index contributed by atoms with van der Waals surface area (Å²) in [4.78, 5) is 37.3. The highest BCUT2D eigenvalue weighted by atomic mass is 79.9. The Kier molecular flexibility index (Phi) is 4.23. The van der Waals surface area contributed by atoms with E-state index >= 15 is 0 Å². The molecule has 1 aliphatic heterocycles. The lowest BCUT2D eigenvalue weighted by molar-refractivity contribution is 0.101. The van der Waals surface area contributed by atoms with E-state index in [9.17, 15) is 14.4 Å². The summed E-state index contributed by atoms with van der Waals surface area (Å²) in [5.41, 5.74) is 2.78. The lowest BCUT2D eigenvalue weighted by Gasteiger charge is -2.13. The molecule has 0 fully saturated rings. The van der Waals surface area contributed by atoms with Crippen molar-refractivity contribution in [1.29, 1.82) is 0 Å². The van der Waals surface area contributed by atoms with Crippen molar-refractivity contribution in [3.8, 4) is 0 Å². The van der Waals surface area contributed by atoms with Gasteiger partial charge in [-0.05, 0) is 50.1 Å². The van der Waals surface area contributed by atoms with Gasteiger partial charge in [0.25, 0.3) is 5.91 Å². The minimum atomic E-state index is -0.480. The predicted molar refractivity (Wildman–Crippen MR) is 109 cm³/mol. The van der Waals surface area contributed by atoms with Crippen LogP contribution in [0.1, 0.15) is 46.2 Å². The highest BCUT2D eigenvalue weighted by Gasteiger charge is 2.25. The number of anilines is 1. The van der Waals surface area contributed by atoms with Crippen molar-refractivity contribution >= 4 is 44.2 Å². The Bertz CT molecular complexity index is 1180. The molecule has 0 radical (unpaired) electrons. The second-order valence-electron chi connectivity index (χ2n) is 6.88. The van der Waals surface area contributed by atoms with Gasteiger partial charge in [0.2, 0.25) is 5.43 Å². The van der Waals surface area contributed by atoms with E-state index in [0.29, 0.717) is 16.6 Å². The number of carbonyl (C=O) groups excluding carboxylic acids is 2. The van der Waals surface area contributed by atoms with Gasteiger partial charge in [0.1, 0.15) is 5.56 Å². The van der Waals surface area contributed by atoms with E-state index in [1.165, 1.54) is 6.92 Å². The van der Waals surface area contributed by atoms with Crippen LogP contribution in [-0.4, -0.2) is 16.3 Å². The third-order valence-electron chi connectivity index (χ3n) is 4.93. The quantitative estimate of drug-likeness (QED) is 0.635. The molecule has 0 saturated heterocycles. The molecular formula is C21H17BrN2O3. The van der Waals surface area contributed by atoms with Gasteiger partial charge in [-0.15, -0.1) is 0 Å². The van der Waals surface area contributed by atoms with Crippen LogP contribution in [-0.2, 0) is 6.42 Å². The normalized spacial score (nSPS) is 15.1. The fraction of sp³-hybridized carbons (Fsp3) is 0.190. The van der Waals surface area contributed by atoms with Crippen LogP contribution in [0.5, 0.6) is 0 Å². The number of carbonyl (C=O) groups is 2. The van der Waals surface area contributed by atoms with E-state index in [2.05, 4.69) is 28.2 Å². The van der Waals surface area contributed by atoms with E-state index in [1.807, 2.05) is 10.6 Å². The van der Waals surface area contributed by atoms with Gasteiger partial charge in [0, 0.05) is 33.3 Å². The van der Waals surface area contributed by atoms with Crippen molar-refractivity contribution in [3.05, 3.63) is 74.0 Å². The van der Waals surface area contributed by atoms with E-state index < -0.39 is 5.91 Å². The SMILES string of the molecule is CC(=O)c1cccc(NC(=O)c2cn3c4c(cc(Br)cc4c2=O)CC3C)c1. The first-order valence-electron chi connectivity index (χ1n) is 8.65. The Morgan fingerprint density at radius 3 is 2.74 bits per heavy atom. The maximum Gasteiger partial charge on any atom is 0.261 e. The van der Waals surface area contributed by atoms with Crippen molar-refractivity contribution in [2.24, 2.45) is 0 Å². The van der Waals surface area contributed by atoms with Crippen molar-refractivity contribution in [3.63, 3.8) is 0 Å². The molecule has 1 amide bonds. The molecule has 1 N–H and O–H groups in total. The molecule has 0 aliphatic carbocycles. The number of nitrogens with zero attached hydrogens (tertiary/aromatic N) is 1. The minimum Gasteiger partial charge on any atom is -0.343 e. The molecule has 1 unspecified atom stereocenters. The summed E-state index contributed by atoms with van der Waals surface area (Å²) in [6, 6.07) is 10.6. The second kappa shape index (κ2) is 6.46. The molecule has 3 aromatic rings. The standard InChI is InChI=1S/C21H17BrN2O3/c1-11-6-14-7-15(22)9-17-19(14)24(11)10-18(20(17)26)21(27)23-16-5-3-4-13(8-16)12(2)25/h3-5,7-11H,6H2,1-2H3,(H,23,27). The molecule has 0 spiro atoms. The molecule has 4 rings (SSSR count). The first-order valence-corrected chi connectivity index (χ1v) is 9.44. The number of rotatable bonds is 3. The molecule has 0 saturated carbocycles. The van der Waals surface area contributed by atoms with Gasteiger partial charge in [-0.25, -0.2) is 0 Å². The Hall–Kier alpha value is -2.73. The van der Waals surface area contributed by atoms with Crippen molar-refractivity contribution < 1.29 is 9.59 Å². The number of pyridine rings is 1. The first-order chi connectivity index (χ1) is 12.8. The maximum absolute atomic E-state index is 13.0. The number of Topliss-reactive ketones (excluding diaryl/α,β-unsaturated/α-hetero) is 1. The van der Waals surface area contributed by atoms with Gasteiger partial charge >= 0.3 is 0 Å². The highest BCUT2D eigenvalue weighted by Crippen LogP contribution is 2.33. The van der Waals surface area contributed by atoms with Crippen LogP contribution in [0.25, 0.3) is 10.9 Å². The average Bonchev–Trinajstić information content (AvgIpc) is 2.93. The third-order valence-corrected chi connectivity index (χ3v) is 5.39. The molecule has 1 aliphatic rings. The molecule has 0 bridgehead atoms. The predicted octanol–water partition coefficient (Wildman–Crippen LogP) is 4.34. The van der Waals surface area contributed by atoms with E-state index in [4.69, 9.17) is 0 Å². The minimum absolute atomic E-state index is 0.0868. The Morgan fingerprint density at radius 1 is 1.22 bits per heavy atom. The number of amides is 1. The molecular weight excluding hydrogens is 408 g/mol. The van der Waals surface area contributed by atoms with Crippen molar-refractivity contribution in [1.82, 2.24) is 4.57 Å². The molecule has 27 heavy (non-hydrogen) atoms. The fourth-order valence-electron chi connectivity index (χ4n) is 3.64. The highest BCUT2D eigenvalue weighted by molar-refractivity contribution is 9.10. The van der Waals surface area contributed by atoms with Crippen LogP contribution >= 0.6 is 15.9 Å². The summed E-state index contributed by atoms with van der Waals surface area (Å²) in [6.07, 6.45) is 2.46. The first kappa shape index (κ1) is 17.7. The van der Waals surface area contributed by atoms with E-state index in [1.54, 1.807) is 36.5 Å². The van der Waals surface area contributed by atoms with E-state index in [0.717, 1.165) is 22.0 Å². The second-order valence-corrected chi connectivity index (χ2v) is 7.80. The number of aromatic nitrogens is 1. The smallest absolute Gasteiger partial charge is 0.261 e. The molecule has 1 aromatic heterocycles. The lowest BCUT2D eigenvalue weighted by atomic mass is 10.1. The largest absolute Gasteiger partial charge is 0.343 e. The number of halogens is 1. The van der Waals surface area contributed by atoms with Gasteiger partial charge in [0.15, 0.2) is 5.78 Å². The molecule has 1 atom stereocenters. The van der Waals surface area contributed by atoms with Crippen LogP contribution in [0.15, 0.2) is 51.9 Å². The topological polar surface area (TPSA) is 68.2 Å². The van der Waals surface area contributed by atoms with Crippen LogP contribution in [0.2, 0.25) is 0 Å². The summed E-state index contributed by atoms with van der Waals surface area (Å²) in [5.74, 6) is -0.566. The fourth-order valence-corrected chi connectivity index (χ4v) is 4.14. The van der Waals surface area contributed by atoms with Crippen LogP contribution in [0.3, 0.4) is 0 Å². The monoisotopic (exact) mass is 424 g/mol. The molecule has 6 heteroatoms. The van der Waals surface area contributed by atoms with Crippen LogP contribution in [0, 0.1) is 0 Å².